The lowest BCUT2D eigenvalue weighted by Gasteiger charge is -2.42. The number of carbonyl (C=O) groups is 2. The molecule has 2 aliphatic rings. The first-order valence-corrected chi connectivity index (χ1v) is 11.8. The number of benzene rings is 1. The number of rotatable bonds is 6. The lowest BCUT2D eigenvalue weighted by atomic mass is 9.73. The van der Waals surface area contributed by atoms with Gasteiger partial charge in [-0.1, -0.05) is 42.5 Å². The molecule has 1 aromatic heterocycles. The lowest BCUT2D eigenvalue weighted by Crippen LogP contribution is -2.54. The van der Waals surface area contributed by atoms with E-state index >= 15 is 0 Å². The van der Waals surface area contributed by atoms with E-state index in [4.69, 9.17) is 0 Å². The molecule has 2 atom stereocenters. The fourth-order valence-electron chi connectivity index (χ4n) is 4.95. The summed E-state index contributed by atoms with van der Waals surface area (Å²) in [7, 11) is 1.71. The molecule has 1 aliphatic carbocycles. The van der Waals surface area contributed by atoms with Crippen molar-refractivity contribution in [3.63, 3.8) is 0 Å². The SMILES string of the molecule is CNC(=O)[C@@]1(Cc2ccccc2-c2cccs2)CCCN(C(=O)C[C@@H]2C=CCC2)C1. The zero-order valence-electron chi connectivity index (χ0n) is 17.6. The maximum Gasteiger partial charge on any atom is 0.228 e. The molecule has 0 unspecified atom stereocenters. The first-order valence-electron chi connectivity index (χ1n) is 10.9. The Morgan fingerprint density at radius 1 is 1.23 bits per heavy atom. The monoisotopic (exact) mass is 422 g/mol. The molecule has 4 rings (SSSR count). The van der Waals surface area contributed by atoms with Crippen LogP contribution < -0.4 is 5.32 Å². The van der Waals surface area contributed by atoms with E-state index in [9.17, 15) is 9.59 Å². The molecule has 1 aromatic carbocycles. The highest BCUT2D eigenvalue weighted by atomic mass is 32.1. The van der Waals surface area contributed by atoms with Gasteiger partial charge in [0, 0.05) is 31.4 Å². The quantitative estimate of drug-likeness (QED) is 0.688. The molecule has 2 heterocycles. The second kappa shape index (κ2) is 9.17. The predicted octanol–water partition coefficient (Wildman–Crippen LogP) is 4.67. The Labute approximate surface area is 183 Å². The number of thiophene rings is 1. The molecule has 1 fully saturated rings. The number of allylic oxidation sites excluding steroid dienone is 2. The van der Waals surface area contributed by atoms with Gasteiger partial charge in [-0.25, -0.2) is 0 Å². The third kappa shape index (κ3) is 4.36. The van der Waals surface area contributed by atoms with Gasteiger partial charge in [0.05, 0.1) is 5.41 Å². The van der Waals surface area contributed by atoms with Gasteiger partial charge in [0.1, 0.15) is 0 Å². The molecule has 2 aromatic rings. The van der Waals surface area contributed by atoms with E-state index in [-0.39, 0.29) is 11.8 Å². The van der Waals surface area contributed by atoms with E-state index in [0.29, 0.717) is 25.3 Å². The molecule has 2 amide bonds. The number of likely N-dealkylation sites (tertiary alicyclic amines) is 1. The Hall–Kier alpha value is -2.40. The summed E-state index contributed by atoms with van der Waals surface area (Å²) in [5, 5.41) is 4.98. The van der Waals surface area contributed by atoms with E-state index in [2.05, 4.69) is 53.2 Å². The van der Waals surface area contributed by atoms with Gasteiger partial charge in [-0.05, 0) is 60.6 Å². The lowest BCUT2D eigenvalue weighted by molar-refractivity contribution is -0.141. The zero-order chi connectivity index (χ0) is 21.0. The van der Waals surface area contributed by atoms with Crippen molar-refractivity contribution in [2.45, 2.75) is 38.5 Å². The van der Waals surface area contributed by atoms with Crippen molar-refractivity contribution in [3.05, 3.63) is 59.5 Å². The Morgan fingerprint density at radius 3 is 2.83 bits per heavy atom. The average Bonchev–Trinajstić information content (AvgIpc) is 3.48. The standard InChI is InChI=1S/C25H30N2O2S/c1-26-24(29)25(17-20-10-4-5-11-21(20)22-12-6-15-30-22)13-7-14-27(18-25)23(28)16-19-8-2-3-9-19/h2,4-6,8,10-12,15,19H,3,7,9,13-14,16-18H2,1H3,(H,26,29)/t19-,25-/m1/s1. The summed E-state index contributed by atoms with van der Waals surface area (Å²) in [4.78, 5) is 29.3. The van der Waals surface area contributed by atoms with Crippen LogP contribution in [0.15, 0.2) is 53.9 Å². The molecule has 1 saturated heterocycles. The van der Waals surface area contributed by atoms with Gasteiger partial charge in [-0.2, -0.15) is 0 Å². The van der Waals surface area contributed by atoms with Crippen LogP contribution in [0.4, 0.5) is 0 Å². The second-order valence-corrected chi connectivity index (χ2v) is 9.51. The van der Waals surface area contributed by atoms with Crippen molar-refractivity contribution in [2.24, 2.45) is 11.3 Å². The van der Waals surface area contributed by atoms with E-state index in [1.807, 2.05) is 11.0 Å². The second-order valence-electron chi connectivity index (χ2n) is 8.56. The van der Waals surface area contributed by atoms with Crippen molar-refractivity contribution in [1.29, 1.82) is 0 Å². The normalized spacial score (nSPS) is 23.5. The summed E-state index contributed by atoms with van der Waals surface area (Å²) in [5.41, 5.74) is 1.79. The third-order valence-corrected chi connectivity index (χ3v) is 7.42. The van der Waals surface area contributed by atoms with Crippen molar-refractivity contribution in [3.8, 4) is 10.4 Å². The number of hydrogen-bond donors (Lipinski definition) is 1. The molecular weight excluding hydrogens is 392 g/mol. The van der Waals surface area contributed by atoms with Gasteiger partial charge < -0.3 is 10.2 Å². The van der Waals surface area contributed by atoms with Gasteiger partial charge in [0.15, 0.2) is 0 Å². The highest BCUT2D eigenvalue weighted by Crippen LogP contribution is 2.38. The maximum atomic E-state index is 13.1. The first-order chi connectivity index (χ1) is 14.6. The van der Waals surface area contributed by atoms with Gasteiger partial charge in [-0.15, -0.1) is 11.3 Å². The van der Waals surface area contributed by atoms with Gasteiger partial charge in [0.2, 0.25) is 11.8 Å². The molecule has 0 saturated carbocycles. The van der Waals surface area contributed by atoms with E-state index < -0.39 is 5.41 Å². The minimum atomic E-state index is -0.582. The van der Waals surface area contributed by atoms with E-state index in [0.717, 1.165) is 32.2 Å². The topological polar surface area (TPSA) is 49.4 Å². The van der Waals surface area contributed by atoms with Crippen LogP contribution in [-0.2, 0) is 16.0 Å². The number of carbonyl (C=O) groups excluding carboxylic acids is 2. The highest BCUT2D eigenvalue weighted by Gasteiger charge is 2.43. The summed E-state index contributed by atoms with van der Waals surface area (Å²) >= 11 is 1.72. The van der Waals surface area contributed by atoms with E-state index in [1.165, 1.54) is 16.0 Å². The highest BCUT2D eigenvalue weighted by molar-refractivity contribution is 7.13. The third-order valence-electron chi connectivity index (χ3n) is 6.52. The number of nitrogens with zero attached hydrogens (tertiary/aromatic N) is 1. The molecule has 1 aliphatic heterocycles. The van der Waals surface area contributed by atoms with Gasteiger partial charge in [-0.3, -0.25) is 9.59 Å². The number of hydrogen-bond acceptors (Lipinski definition) is 3. The summed E-state index contributed by atoms with van der Waals surface area (Å²) in [6, 6.07) is 12.5. The number of nitrogens with one attached hydrogen (secondary N) is 1. The molecule has 1 N–H and O–H groups in total. The van der Waals surface area contributed by atoms with Crippen LogP contribution in [-0.4, -0.2) is 36.9 Å². The average molecular weight is 423 g/mol. The Morgan fingerprint density at radius 2 is 2.10 bits per heavy atom. The maximum absolute atomic E-state index is 13.1. The molecule has 4 nitrogen and oxygen atoms in total. The van der Waals surface area contributed by atoms with E-state index in [1.54, 1.807) is 18.4 Å². The van der Waals surface area contributed by atoms with Crippen LogP contribution in [0.5, 0.6) is 0 Å². The van der Waals surface area contributed by atoms with Crippen LogP contribution in [0.2, 0.25) is 0 Å². The summed E-state index contributed by atoms with van der Waals surface area (Å²) in [5.74, 6) is 0.584. The molecule has 0 radical (unpaired) electrons. The Bertz CT molecular complexity index is 921. The molecule has 0 bridgehead atoms. The Balaban J connectivity index is 1.58. The summed E-state index contributed by atoms with van der Waals surface area (Å²) < 4.78 is 0. The molecule has 30 heavy (non-hydrogen) atoms. The molecular formula is C25H30N2O2S. The number of piperidine rings is 1. The minimum Gasteiger partial charge on any atom is -0.359 e. The van der Waals surface area contributed by atoms with Gasteiger partial charge in [0.25, 0.3) is 0 Å². The van der Waals surface area contributed by atoms with Crippen LogP contribution in [0.1, 0.15) is 37.7 Å². The minimum absolute atomic E-state index is 0.0433. The molecule has 5 heteroatoms. The Kier molecular flexibility index (Phi) is 6.38. The van der Waals surface area contributed by atoms with Gasteiger partial charge >= 0.3 is 0 Å². The van der Waals surface area contributed by atoms with Crippen LogP contribution >= 0.6 is 11.3 Å². The molecule has 0 spiro atoms. The van der Waals surface area contributed by atoms with Crippen LogP contribution in [0, 0.1) is 11.3 Å². The predicted molar refractivity (Wildman–Crippen MR) is 122 cm³/mol. The van der Waals surface area contributed by atoms with Crippen molar-refractivity contribution < 1.29 is 9.59 Å². The first kappa shape index (κ1) is 20.9. The fraction of sp³-hybridized carbons (Fsp3) is 0.440. The fourth-order valence-corrected chi connectivity index (χ4v) is 5.74. The smallest absolute Gasteiger partial charge is 0.228 e. The number of amides is 2. The van der Waals surface area contributed by atoms with Crippen LogP contribution in [0.3, 0.4) is 0 Å². The summed E-state index contributed by atoms with van der Waals surface area (Å²) in [6.45, 7) is 1.25. The van der Waals surface area contributed by atoms with Crippen molar-refractivity contribution >= 4 is 23.2 Å². The van der Waals surface area contributed by atoms with Crippen LogP contribution in [0.25, 0.3) is 10.4 Å². The van der Waals surface area contributed by atoms with Crippen molar-refractivity contribution in [2.75, 3.05) is 20.1 Å². The largest absolute Gasteiger partial charge is 0.359 e. The zero-order valence-corrected chi connectivity index (χ0v) is 18.4. The molecule has 158 valence electrons. The van der Waals surface area contributed by atoms with Crippen molar-refractivity contribution in [1.82, 2.24) is 10.2 Å². The summed E-state index contributed by atoms with van der Waals surface area (Å²) in [6.07, 6.45) is 9.35.